The number of amides is 2. The van der Waals surface area contributed by atoms with Crippen molar-refractivity contribution in [2.45, 2.75) is 24.6 Å². The first-order valence-electron chi connectivity index (χ1n) is 8.61. The van der Waals surface area contributed by atoms with Gasteiger partial charge in [0.05, 0.1) is 33.2 Å². The van der Waals surface area contributed by atoms with Crippen LogP contribution in [-0.2, 0) is 19.1 Å². The summed E-state index contributed by atoms with van der Waals surface area (Å²) in [4.78, 5) is 36.3. The van der Waals surface area contributed by atoms with E-state index in [9.17, 15) is 14.4 Å². The molecular weight excluding hydrogens is 388 g/mol. The molecule has 1 aliphatic rings. The standard InChI is InChI=1S/C18H24N2O7S/c1-5-27-18(23)11-9-28-14(17(22)20-11)8-15(21)19-10-6-12(24-2)16(26-4)13(7-10)25-3/h6-7,11,14H,5,8-9H2,1-4H3,(H,19,21)(H,20,22)/t11-,14+/m1/s1. The van der Waals surface area contributed by atoms with Crippen molar-refractivity contribution in [3.05, 3.63) is 12.1 Å². The Morgan fingerprint density at radius 3 is 2.32 bits per heavy atom. The Morgan fingerprint density at radius 1 is 1.18 bits per heavy atom. The zero-order valence-corrected chi connectivity index (χ0v) is 17.0. The van der Waals surface area contributed by atoms with Crippen LogP contribution in [0.1, 0.15) is 13.3 Å². The minimum atomic E-state index is -0.688. The molecule has 1 aromatic rings. The maximum Gasteiger partial charge on any atom is 0.329 e. The lowest BCUT2D eigenvalue weighted by molar-refractivity contribution is -0.146. The van der Waals surface area contributed by atoms with Crippen molar-refractivity contribution < 1.29 is 33.3 Å². The van der Waals surface area contributed by atoms with Gasteiger partial charge in [-0.25, -0.2) is 4.79 Å². The summed E-state index contributed by atoms with van der Waals surface area (Å²) >= 11 is 1.25. The highest BCUT2D eigenvalue weighted by Crippen LogP contribution is 2.40. The van der Waals surface area contributed by atoms with Gasteiger partial charge in [-0.15, -0.1) is 11.8 Å². The largest absolute Gasteiger partial charge is 0.493 e. The maximum atomic E-state index is 12.4. The Labute approximate surface area is 167 Å². The summed E-state index contributed by atoms with van der Waals surface area (Å²) in [7, 11) is 4.44. The number of esters is 1. The molecule has 0 aromatic heterocycles. The van der Waals surface area contributed by atoms with E-state index in [0.29, 0.717) is 28.7 Å². The Hall–Kier alpha value is -2.62. The highest BCUT2D eigenvalue weighted by molar-refractivity contribution is 8.00. The molecule has 1 saturated heterocycles. The molecule has 1 heterocycles. The fraction of sp³-hybridized carbons (Fsp3) is 0.500. The fourth-order valence-electron chi connectivity index (χ4n) is 2.65. The number of ether oxygens (including phenoxy) is 4. The van der Waals surface area contributed by atoms with E-state index in [0.717, 1.165) is 0 Å². The number of anilines is 1. The first kappa shape index (κ1) is 21.7. The van der Waals surface area contributed by atoms with Gasteiger partial charge in [-0.05, 0) is 6.92 Å². The minimum Gasteiger partial charge on any atom is -0.493 e. The van der Waals surface area contributed by atoms with Crippen LogP contribution < -0.4 is 24.8 Å². The Morgan fingerprint density at radius 2 is 1.82 bits per heavy atom. The number of nitrogens with one attached hydrogen (secondary N) is 2. The zero-order valence-electron chi connectivity index (χ0n) is 16.2. The van der Waals surface area contributed by atoms with E-state index >= 15 is 0 Å². The van der Waals surface area contributed by atoms with Crippen LogP contribution >= 0.6 is 11.8 Å². The predicted octanol–water partition coefficient (Wildman–Crippen LogP) is 1.20. The summed E-state index contributed by atoms with van der Waals surface area (Å²) < 4.78 is 20.7. The number of thioether (sulfide) groups is 1. The van der Waals surface area contributed by atoms with Crippen molar-refractivity contribution in [3.63, 3.8) is 0 Å². The van der Waals surface area contributed by atoms with Crippen LogP contribution in [-0.4, -0.2) is 62.8 Å². The summed E-state index contributed by atoms with van der Waals surface area (Å²) in [6, 6.07) is 2.51. The van der Waals surface area contributed by atoms with E-state index in [1.807, 2.05) is 0 Å². The molecule has 2 rings (SSSR count). The number of hydrogen-bond acceptors (Lipinski definition) is 8. The minimum absolute atomic E-state index is 0.0390. The summed E-state index contributed by atoms with van der Waals surface area (Å²) in [5.74, 6) is 0.385. The Bertz CT molecular complexity index is 716. The molecule has 28 heavy (non-hydrogen) atoms. The summed E-state index contributed by atoms with van der Waals surface area (Å²) in [5.41, 5.74) is 0.449. The maximum absolute atomic E-state index is 12.4. The Kier molecular flexibility index (Phi) is 7.80. The van der Waals surface area contributed by atoms with Gasteiger partial charge in [-0.3, -0.25) is 9.59 Å². The second kappa shape index (κ2) is 10.1. The first-order valence-corrected chi connectivity index (χ1v) is 9.66. The van der Waals surface area contributed by atoms with Gasteiger partial charge >= 0.3 is 5.97 Å². The highest BCUT2D eigenvalue weighted by Gasteiger charge is 2.34. The molecule has 2 atom stereocenters. The number of rotatable bonds is 8. The van der Waals surface area contributed by atoms with Crippen LogP contribution in [0.3, 0.4) is 0 Å². The molecule has 0 radical (unpaired) electrons. The van der Waals surface area contributed by atoms with E-state index in [1.54, 1.807) is 19.1 Å². The molecule has 1 aromatic carbocycles. The molecule has 1 aliphatic heterocycles. The second-order valence-corrected chi connectivity index (χ2v) is 7.04. The van der Waals surface area contributed by atoms with Crippen molar-refractivity contribution in [1.29, 1.82) is 0 Å². The first-order chi connectivity index (χ1) is 13.4. The normalized spacial score (nSPS) is 18.6. The van der Waals surface area contributed by atoms with Gasteiger partial charge in [0.15, 0.2) is 11.5 Å². The van der Waals surface area contributed by atoms with Crippen LogP contribution in [0.25, 0.3) is 0 Å². The number of benzene rings is 1. The van der Waals surface area contributed by atoms with E-state index in [4.69, 9.17) is 18.9 Å². The van der Waals surface area contributed by atoms with Crippen LogP contribution in [0.5, 0.6) is 17.2 Å². The molecule has 1 fully saturated rings. The fourth-order valence-corrected chi connectivity index (χ4v) is 3.78. The molecule has 2 amide bonds. The molecule has 0 saturated carbocycles. The van der Waals surface area contributed by atoms with Gasteiger partial charge in [-0.1, -0.05) is 0 Å². The molecule has 0 bridgehead atoms. The zero-order chi connectivity index (χ0) is 20.7. The molecule has 0 unspecified atom stereocenters. The van der Waals surface area contributed by atoms with Gasteiger partial charge in [0, 0.05) is 30.0 Å². The van der Waals surface area contributed by atoms with Crippen LogP contribution in [0.2, 0.25) is 0 Å². The predicted molar refractivity (Wildman–Crippen MR) is 104 cm³/mol. The number of carbonyl (C=O) groups excluding carboxylic acids is 3. The summed E-state index contributed by atoms with van der Waals surface area (Å²) in [6.07, 6.45) is -0.0390. The SMILES string of the molecule is CCOC(=O)[C@H]1CS[C@@H](CC(=O)Nc2cc(OC)c(OC)c(OC)c2)C(=O)N1. The third kappa shape index (κ3) is 5.22. The monoisotopic (exact) mass is 412 g/mol. The van der Waals surface area contributed by atoms with Crippen LogP contribution in [0.15, 0.2) is 12.1 Å². The highest BCUT2D eigenvalue weighted by atomic mass is 32.2. The Balaban J connectivity index is 1.99. The van der Waals surface area contributed by atoms with E-state index in [-0.39, 0.29) is 24.8 Å². The molecule has 10 heteroatoms. The van der Waals surface area contributed by atoms with Crippen molar-refractivity contribution in [2.24, 2.45) is 0 Å². The number of carbonyl (C=O) groups is 3. The molecular formula is C18H24N2O7S. The second-order valence-electron chi connectivity index (χ2n) is 5.80. The van der Waals surface area contributed by atoms with Gasteiger partial charge in [0.2, 0.25) is 17.6 Å². The lowest BCUT2D eigenvalue weighted by atomic mass is 10.2. The van der Waals surface area contributed by atoms with Gasteiger partial charge in [0.1, 0.15) is 6.04 Å². The van der Waals surface area contributed by atoms with Crippen LogP contribution in [0, 0.1) is 0 Å². The van der Waals surface area contributed by atoms with Gasteiger partial charge in [0.25, 0.3) is 0 Å². The van der Waals surface area contributed by atoms with E-state index < -0.39 is 17.3 Å². The van der Waals surface area contributed by atoms with Gasteiger partial charge in [-0.2, -0.15) is 0 Å². The van der Waals surface area contributed by atoms with Crippen molar-refractivity contribution in [2.75, 3.05) is 39.0 Å². The lowest BCUT2D eigenvalue weighted by Crippen LogP contribution is -2.51. The van der Waals surface area contributed by atoms with Crippen LogP contribution in [0.4, 0.5) is 5.69 Å². The van der Waals surface area contributed by atoms with E-state index in [1.165, 1.54) is 33.1 Å². The topological polar surface area (TPSA) is 112 Å². The number of methoxy groups -OCH3 is 3. The van der Waals surface area contributed by atoms with Crippen molar-refractivity contribution >= 4 is 35.2 Å². The number of hydrogen-bond donors (Lipinski definition) is 2. The van der Waals surface area contributed by atoms with Crippen molar-refractivity contribution in [3.8, 4) is 17.2 Å². The lowest BCUT2D eigenvalue weighted by Gasteiger charge is -2.27. The quantitative estimate of drug-likeness (QED) is 0.613. The summed E-state index contributed by atoms with van der Waals surface area (Å²) in [6.45, 7) is 1.95. The smallest absolute Gasteiger partial charge is 0.329 e. The molecule has 154 valence electrons. The molecule has 9 nitrogen and oxygen atoms in total. The summed E-state index contributed by atoms with van der Waals surface area (Å²) in [5, 5.41) is 4.74. The molecule has 0 aliphatic carbocycles. The third-order valence-electron chi connectivity index (χ3n) is 3.96. The molecule has 2 N–H and O–H groups in total. The van der Waals surface area contributed by atoms with Crippen molar-refractivity contribution in [1.82, 2.24) is 5.32 Å². The van der Waals surface area contributed by atoms with E-state index in [2.05, 4.69) is 10.6 Å². The van der Waals surface area contributed by atoms with Gasteiger partial charge < -0.3 is 29.6 Å². The average Bonchev–Trinajstić information content (AvgIpc) is 2.68. The molecule has 0 spiro atoms. The average molecular weight is 412 g/mol. The third-order valence-corrected chi connectivity index (χ3v) is 5.27.